The number of ether oxygens (including phenoxy) is 1. The van der Waals surface area contributed by atoms with Crippen LogP contribution in [0.1, 0.15) is 35.2 Å². The number of benzene rings is 1. The van der Waals surface area contributed by atoms with Crippen molar-refractivity contribution in [2.24, 2.45) is 23.7 Å². The Hall–Kier alpha value is -2.98. The first-order chi connectivity index (χ1) is 22.5. The Balaban J connectivity index is 0.971. The van der Waals surface area contributed by atoms with E-state index in [0.29, 0.717) is 55.0 Å². The lowest BCUT2D eigenvalue weighted by atomic mass is 9.91. The Kier molecular flexibility index (Phi) is 12.0. The zero-order valence-corrected chi connectivity index (χ0v) is 26.8. The van der Waals surface area contributed by atoms with Crippen LogP contribution >= 0.6 is 11.6 Å². The minimum absolute atomic E-state index is 0.0660. The number of hydrogen-bond acceptors (Lipinski definition) is 12. The first-order valence-electron chi connectivity index (χ1n) is 16.0. The predicted octanol–water partition coefficient (Wildman–Crippen LogP) is 0.00500. The van der Waals surface area contributed by atoms with Gasteiger partial charge in [-0.15, -0.1) is 0 Å². The van der Waals surface area contributed by atoms with Crippen molar-refractivity contribution in [2.75, 3.05) is 57.4 Å². The fourth-order valence-corrected chi connectivity index (χ4v) is 6.51. The van der Waals surface area contributed by atoms with E-state index in [1.807, 2.05) is 0 Å². The van der Waals surface area contributed by atoms with Gasteiger partial charge in [-0.25, -0.2) is 19.2 Å². The number of piperidine rings is 1. The van der Waals surface area contributed by atoms with Crippen LogP contribution in [0.25, 0.3) is 0 Å². The number of carbonyl (C=O) groups is 2. The summed E-state index contributed by atoms with van der Waals surface area (Å²) in [4.78, 5) is 37.7. The van der Waals surface area contributed by atoms with Crippen LogP contribution in [0.4, 0.5) is 10.3 Å². The van der Waals surface area contributed by atoms with Crippen molar-refractivity contribution in [3.8, 4) is 0 Å². The molecule has 13 nitrogen and oxygen atoms in total. The number of anilines is 1. The van der Waals surface area contributed by atoms with Gasteiger partial charge in [-0.3, -0.25) is 4.79 Å². The van der Waals surface area contributed by atoms with Crippen molar-refractivity contribution < 1.29 is 44.2 Å². The van der Waals surface area contributed by atoms with Gasteiger partial charge < -0.3 is 45.4 Å². The molecule has 15 heteroatoms. The van der Waals surface area contributed by atoms with E-state index in [9.17, 15) is 34.4 Å². The highest BCUT2D eigenvalue weighted by molar-refractivity contribution is 6.30. The van der Waals surface area contributed by atoms with Crippen LogP contribution in [0.15, 0.2) is 30.6 Å². The molecular weight excluding hydrogens is 637 g/mol. The van der Waals surface area contributed by atoms with Crippen molar-refractivity contribution in [1.29, 1.82) is 0 Å². The molecule has 1 aliphatic carbocycles. The van der Waals surface area contributed by atoms with Gasteiger partial charge in [0.1, 0.15) is 24.1 Å². The lowest BCUT2D eigenvalue weighted by Gasteiger charge is -2.39. The largest absolute Gasteiger partial charge is 0.462 e. The van der Waals surface area contributed by atoms with Gasteiger partial charge in [-0.05, 0) is 54.7 Å². The zero-order valence-electron chi connectivity index (χ0n) is 26.0. The molecule has 0 bridgehead atoms. The van der Waals surface area contributed by atoms with E-state index in [1.54, 1.807) is 17.3 Å². The van der Waals surface area contributed by atoms with Crippen molar-refractivity contribution in [2.45, 2.75) is 50.1 Å². The molecule has 2 aliphatic heterocycles. The van der Waals surface area contributed by atoms with Crippen LogP contribution in [-0.2, 0) is 16.0 Å². The van der Waals surface area contributed by atoms with E-state index in [4.69, 9.17) is 21.4 Å². The Morgan fingerprint density at radius 3 is 2.40 bits per heavy atom. The van der Waals surface area contributed by atoms with Gasteiger partial charge in [-0.1, -0.05) is 17.7 Å². The average Bonchev–Trinajstić information content (AvgIpc) is 3.84. The molecule has 1 amide bonds. The molecule has 3 aliphatic rings. The monoisotopic (exact) mass is 679 g/mol. The predicted molar refractivity (Wildman–Crippen MR) is 168 cm³/mol. The molecule has 1 saturated carbocycles. The molecule has 3 fully saturated rings. The molecule has 258 valence electrons. The topological polar surface area (TPSA) is 189 Å². The normalized spacial score (nSPS) is 22.7. The molecular formula is C32H43ClFN5O8. The number of rotatable bonds is 15. The van der Waals surface area contributed by atoms with Crippen LogP contribution < -0.4 is 10.2 Å². The highest BCUT2D eigenvalue weighted by atomic mass is 35.5. The second kappa shape index (κ2) is 15.9. The van der Waals surface area contributed by atoms with Gasteiger partial charge in [-0.2, -0.15) is 0 Å². The van der Waals surface area contributed by atoms with Crippen molar-refractivity contribution in [3.63, 3.8) is 0 Å². The molecule has 2 aromatic rings. The lowest BCUT2D eigenvalue weighted by molar-refractivity contribution is -0.136. The number of aromatic nitrogens is 2. The van der Waals surface area contributed by atoms with Crippen molar-refractivity contribution in [1.82, 2.24) is 20.2 Å². The lowest BCUT2D eigenvalue weighted by Crippen LogP contribution is -2.55. The summed E-state index contributed by atoms with van der Waals surface area (Å²) in [5.41, 5.74) is 0.291. The maximum Gasteiger partial charge on any atom is 0.338 e. The van der Waals surface area contributed by atoms with E-state index >= 15 is 0 Å². The third kappa shape index (κ3) is 9.13. The number of aliphatic hydroxyl groups excluding tert-OH is 5. The third-order valence-electron chi connectivity index (χ3n) is 9.49. The number of nitrogens with zero attached hydrogens (tertiary/aromatic N) is 4. The molecule has 3 heterocycles. The molecule has 0 spiro atoms. The van der Waals surface area contributed by atoms with Gasteiger partial charge in [0.05, 0.1) is 48.7 Å². The number of amides is 1. The number of likely N-dealkylation sites (tertiary alicyclic amines) is 1. The van der Waals surface area contributed by atoms with E-state index < -0.39 is 42.8 Å². The number of esters is 1. The maximum atomic E-state index is 14.9. The highest BCUT2D eigenvalue weighted by Gasteiger charge is 2.44. The second-order valence-corrected chi connectivity index (χ2v) is 13.3. The zero-order chi connectivity index (χ0) is 33.7. The first kappa shape index (κ1) is 35.3. The summed E-state index contributed by atoms with van der Waals surface area (Å²) in [6.45, 7) is 2.50. The molecule has 3 unspecified atom stereocenters. The van der Waals surface area contributed by atoms with Gasteiger partial charge in [0.25, 0.3) is 0 Å². The summed E-state index contributed by atoms with van der Waals surface area (Å²) in [5.74, 6) is 0.642. The van der Waals surface area contributed by atoms with E-state index in [0.717, 1.165) is 38.4 Å². The van der Waals surface area contributed by atoms with Crippen molar-refractivity contribution >= 4 is 29.4 Å². The van der Waals surface area contributed by atoms with Gasteiger partial charge >= 0.3 is 5.97 Å². The minimum atomic E-state index is -1.69. The number of aliphatic hydroxyl groups is 5. The Morgan fingerprint density at radius 1 is 1.06 bits per heavy atom. The quantitative estimate of drug-likeness (QED) is 0.139. The molecule has 6 atom stereocenters. The number of halogens is 2. The fraction of sp³-hybridized carbons (Fsp3) is 0.625. The molecule has 1 aromatic carbocycles. The van der Waals surface area contributed by atoms with Crippen LogP contribution in [-0.4, -0.2) is 129 Å². The Morgan fingerprint density at radius 2 is 1.74 bits per heavy atom. The Labute approximate surface area is 277 Å². The van der Waals surface area contributed by atoms with Gasteiger partial charge in [0, 0.05) is 45.2 Å². The van der Waals surface area contributed by atoms with E-state index in [-0.39, 0.29) is 35.9 Å². The van der Waals surface area contributed by atoms with Crippen LogP contribution in [0.3, 0.4) is 0 Å². The summed E-state index contributed by atoms with van der Waals surface area (Å²) in [6, 6.07) is 4.03. The second-order valence-electron chi connectivity index (χ2n) is 12.9. The maximum absolute atomic E-state index is 14.9. The third-order valence-corrected chi connectivity index (χ3v) is 9.69. The number of carbonyl (C=O) groups excluding carboxylic acids is 2. The van der Waals surface area contributed by atoms with Crippen molar-refractivity contribution in [3.05, 3.63) is 52.6 Å². The Bertz CT molecular complexity index is 1360. The average molecular weight is 680 g/mol. The molecule has 1 aromatic heterocycles. The highest BCUT2D eigenvalue weighted by Crippen LogP contribution is 2.48. The smallest absolute Gasteiger partial charge is 0.338 e. The minimum Gasteiger partial charge on any atom is -0.462 e. The van der Waals surface area contributed by atoms with E-state index in [2.05, 4.69) is 20.2 Å². The van der Waals surface area contributed by atoms with Crippen LogP contribution in [0.5, 0.6) is 0 Å². The fourth-order valence-electron chi connectivity index (χ4n) is 6.42. The number of hydrogen-bond donors (Lipinski definition) is 6. The molecule has 2 saturated heterocycles. The standard InChI is InChI=1S/C32H43ClFN5O8/c33-23-11-36-32(37-12-23)38-5-3-19(4-6-38)24-7-22(24)17-47-31(46)21-2-1-20(25(34)8-21)9-28(43)39-14-18(15-39)10-35-13-26(41)29(44)30(45)27(42)16-40/h1-2,8,11-12,18-19,22,24,26-27,29-30,35,40-42,44-45H,3-7,9-10,13-17H2/t22?,24?,26-,27+,29?,30+/m0/s1. The molecule has 5 rings (SSSR count). The first-order valence-corrected chi connectivity index (χ1v) is 16.4. The van der Waals surface area contributed by atoms with Crippen LogP contribution in [0.2, 0.25) is 5.02 Å². The van der Waals surface area contributed by atoms with Gasteiger partial charge in [0.15, 0.2) is 0 Å². The SMILES string of the molecule is O=C(OCC1CC1C1CCN(c2ncc(Cl)cn2)CC1)c1ccc(CC(=O)N2CC(CNC[C@H](O)C(O)[C@H](O)[C@H](O)CO)C2)c(F)c1. The number of nitrogens with one attached hydrogen (secondary N) is 1. The van der Waals surface area contributed by atoms with E-state index in [1.165, 1.54) is 12.1 Å². The molecule has 0 radical (unpaired) electrons. The summed E-state index contributed by atoms with van der Waals surface area (Å²) < 4.78 is 20.4. The summed E-state index contributed by atoms with van der Waals surface area (Å²) in [5, 5.41) is 51.2. The summed E-state index contributed by atoms with van der Waals surface area (Å²) in [6.07, 6.45) is -0.193. The van der Waals surface area contributed by atoms with Crippen LogP contribution in [0, 0.1) is 29.5 Å². The van der Waals surface area contributed by atoms with Gasteiger partial charge in [0.2, 0.25) is 11.9 Å². The summed E-state index contributed by atoms with van der Waals surface area (Å²) >= 11 is 5.89. The molecule has 47 heavy (non-hydrogen) atoms. The summed E-state index contributed by atoms with van der Waals surface area (Å²) in [7, 11) is 0. The molecule has 6 N–H and O–H groups in total.